The van der Waals surface area contributed by atoms with Crippen LogP contribution in [0.1, 0.15) is 31.2 Å². The van der Waals surface area contributed by atoms with Crippen molar-refractivity contribution in [2.45, 2.75) is 32.2 Å². The van der Waals surface area contributed by atoms with Crippen molar-refractivity contribution < 1.29 is 4.79 Å². The minimum atomic E-state index is 0.260. The van der Waals surface area contributed by atoms with E-state index in [9.17, 15) is 4.79 Å². The van der Waals surface area contributed by atoms with Gasteiger partial charge in [-0.1, -0.05) is 35.9 Å². The van der Waals surface area contributed by atoms with Crippen molar-refractivity contribution in [1.82, 2.24) is 9.80 Å². The third kappa shape index (κ3) is 4.82. The Kier molecular flexibility index (Phi) is 5.74. The summed E-state index contributed by atoms with van der Waals surface area (Å²) in [4.78, 5) is 16.8. The maximum Gasteiger partial charge on any atom is 0.224 e. The van der Waals surface area contributed by atoms with Gasteiger partial charge in [0, 0.05) is 44.2 Å². The highest BCUT2D eigenvalue weighted by molar-refractivity contribution is 6.30. The lowest BCUT2D eigenvalue weighted by Crippen LogP contribution is -2.34. The Balaban J connectivity index is 1.55. The van der Waals surface area contributed by atoms with Gasteiger partial charge < -0.3 is 9.80 Å². The SMILES string of the molecule is O=C1CCN(C[C@@H]2CC=CCC2)CCN1Cc1cccc(Cl)c1. The van der Waals surface area contributed by atoms with Crippen molar-refractivity contribution in [3.8, 4) is 0 Å². The van der Waals surface area contributed by atoms with Crippen LogP contribution in [0.15, 0.2) is 36.4 Å². The van der Waals surface area contributed by atoms with Gasteiger partial charge in [-0.25, -0.2) is 0 Å². The zero-order valence-electron chi connectivity index (χ0n) is 13.6. The predicted octanol–water partition coefficient (Wildman–Crippen LogP) is 3.73. The number of allylic oxidation sites excluding steroid dienone is 2. The minimum absolute atomic E-state index is 0.260. The Hall–Kier alpha value is -1.32. The summed E-state index contributed by atoms with van der Waals surface area (Å²) in [5.41, 5.74) is 1.11. The lowest BCUT2D eigenvalue weighted by atomic mass is 9.94. The molecule has 124 valence electrons. The Labute approximate surface area is 143 Å². The number of benzene rings is 1. The van der Waals surface area contributed by atoms with Gasteiger partial charge in [-0.15, -0.1) is 0 Å². The van der Waals surface area contributed by atoms with E-state index in [0.29, 0.717) is 13.0 Å². The number of halogens is 1. The number of hydrogen-bond acceptors (Lipinski definition) is 2. The van der Waals surface area contributed by atoms with E-state index in [1.165, 1.54) is 19.3 Å². The fourth-order valence-corrected chi connectivity index (χ4v) is 3.72. The minimum Gasteiger partial charge on any atom is -0.337 e. The number of hydrogen-bond donors (Lipinski definition) is 0. The van der Waals surface area contributed by atoms with Crippen molar-refractivity contribution in [3.63, 3.8) is 0 Å². The summed E-state index contributed by atoms with van der Waals surface area (Å²) >= 11 is 6.05. The fraction of sp³-hybridized carbons (Fsp3) is 0.526. The molecule has 0 radical (unpaired) electrons. The van der Waals surface area contributed by atoms with E-state index in [1.54, 1.807) is 0 Å². The second kappa shape index (κ2) is 7.98. The van der Waals surface area contributed by atoms with Crippen molar-refractivity contribution in [2.24, 2.45) is 5.92 Å². The maximum absolute atomic E-state index is 12.4. The average molecular weight is 333 g/mol. The van der Waals surface area contributed by atoms with Gasteiger partial charge in [-0.05, 0) is 42.9 Å². The first kappa shape index (κ1) is 16.5. The monoisotopic (exact) mass is 332 g/mol. The van der Waals surface area contributed by atoms with Crippen LogP contribution in [0, 0.1) is 5.92 Å². The number of nitrogens with zero attached hydrogens (tertiary/aromatic N) is 2. The van der Waals surface area contributed by atoms with E-state index in [0.717, 1.165) is 42.7 Å². The molecule has 0 unspecified atom stereocenters. The summed E-state index contributed by atoms with van der Waals surface area (Å²) in [6.45, 7) is 4.48. The van der Waals surface area contributed by atoms with Gasteiger partial charge in [0.2, 0.25) is 5.91 Å². The lowest BCUT2D eigenvalue weighted by Gasteiger charge is -2.27. The smallest absolute Gasteiger partial charge is 0.224 e. The van der Waals surface area contributed by atoms with Gasteiger partial charge in [-0.2, -0.15) is 0 Å². The third-order valence-electron chi connectivity index (χ3n) is 4.84. The van der Waals surface area contributed by atoms with E-state index in [1.807, 2.05) is 29.2 Å². The Morgan fingerprint density at radius 1 is 1.17 bits per heavy atom. The number of carbonyl (C=O) groups excluding carboxylic acids is 1. The molecule has 3 rings (SSSR count). The molecule has 4 heteroatoms. The first-order valence-corrected chi connectivity index (χ1v) is 8.98. The van der Waals surface area contributed by atoms with Crippen molar-refractivity contribution >= 4 is 17.5 Å². The molecule has 0 N–H and O–H groups in total. The highest BCUT2D eigenvalue weighted by atomic mass is 35.5. The normalized spacial score (nSPS) is 23.1. The summed E-state index contributed by atoms with van der Waals surface area (Å²) in [7, 11) is 0. The van der Waals surface area contributed by atoms with Crippen LogP contribution in [0.2, 0.25) is 5.02 Å². The van der Waals surface area contributed by atoms with Gasteiger partial charge in [-0.3, -0.25) is 4.79 Å². The van der Waals surface area contributed by atoms with Gasteiger partial charge in [0.25, 0.3) is 0 Å². The van der Waals surface area contributed by atoms with Gasteiger partial charge >= 0.3 is 0 Å². The van der Waals surface area contributed by atoms with Crippen LogP contribution >= 0.6 is 11.6 Å². The van der Waals surface area contributed by atoms with Crippen molar-refractivity contribution in [3.05, 3.63) is 47.0 Å². The molecule has 23 heavy (non-hydrogen) atoms. The van der Waals surface area contributed by atoms with Crippen LogP contribution in [0.4, 0.5) is 0 Å². The molecule has 1 fully saturated rings. The number of rotatable bonds is 4. The molecule has 0 spiro atoms. The largest absolute Gasteiger partial charge is 0.337 e. The molecule has 0 aromatic heterocycles. The predicted molar refractivity (Wildman–Crippen MR) is 94.4 cm³/mol. The molecule has 1 aromatic carbocycles. The second-order valence-corrected chi connectivity index (χ2v) is 7.08. The summed E-state index contributed by atoms with van der Waals surface area (Å²) < 4.78 is 0. The van der Waals surface area contributed by atoms with Crippen LogP contribution in [0.5, 0.6) is 0 Å². The van der Waals surface area contributed by atoms with Gasteiger partial charge in [0.1, 0.15) is 0 Å². The first-order valence-electron chi connectivity index (χ1n) is 8.60. The lowest BCUT2D eigenvalue weighted by molar-refractivity contribution is -0.130. The van der Waals surface area contributed by atoms with E-state index in [4.69, 9.17) is 11.6 Å². The second-order valence-electron chi connectivity index (χ2n) is 6.65. The zero-order chi connectivity index (χ0) is 16.1. The van der Waals surface area contributed by atoms with Gasteiger partial charge in [0.05, 0.1) is 0 Å². The van der Waals surface area contributed by atoms with Crippen LogP contribution < -0.4 is 0 Å². The molecule has 1 aliphatic carbocycles. The van der Waals surface area contributed by atoms with E-state index < -0.39 is 0 Å². The van der Waals surface area contributed by atoms with E-state index in [-0.39, 0.29) is 5.91 Å². The number of amides is 1. The molecule has 1 aromatic rings. The number of carbonyl (C=O) groups is 1. The summed E-state index contributed by atoms with van der Waals surface area (Å²) in [5, 5.41) is 0.733. The third-order valence-corrected chi connectivity index (χ3v) is 5.07. The van der Waals surface area contributed by atoms with Crippen LogP contribution in [0.25, 0.3) is 0 Å². The molecular weight excluding hydrogens is 308 g/mol. The molecule has 1 atom stereocenters. The molecule has 1 amide bonds. The maximum atomic E-state index is 12.4. The van der Waals surface area contributed by atoms with Crippen LogP contribution in [-0.2, 0) is 11.3 Å². The first-order chi connectivity index (χ1) is 11.2. The molecule has 0 bridgehead atoms. The zero-order valence-corrected chi connectivity index (χ0v) is 14.3. The molecular formula is C19H25ClN2O. The molecule has 1 heterocycles. The fourth-order valence-electron chi connectivity index (χ4n) is 3.50. The Bertz CT molecular complexity index is 572. The van der Waals surface area contributed by atoms with Crippen molar-refractivity contribution in [1.29, 1.82) is 0 Å². The Morgan fingerprint density at radius 3 is 2.87 bits per heavy atom. The highest BCUT2D eigenvalue weighted by Crippen LogP contribution is 2.20. The average Bonchev–Trinajstić information content (AvgIpc) is 2.72. The highest BCUT2D eigenvalue weighted by Gasteiger charge is 2.23. The summed E-state index contributed by atoms with van der Waals surface area (Å²) in [6, 6.07) is 7.81. The van der Waals surface area contributed by atoms with E-state index in [2.05, 4.69) is 17.1 Å². The molecule has 0 saturated carbocycles. The quantitative estimate of drug-likeness (QED) is 0.784. The topological polar surface area (TPSA) is 23.6 Å². The van der Waals surface area contributed by atoms with Crippen LogP contribution in [-0.4, -0.2) is 41.9 Å². The van der Waals surface area contributed by atoms with Crippen LogP contribution in [0.3, 0.4) is 0 Å². The van der Waals surface area contributed by atoms with E-state index >= 15 is 0 Å². The molecule has 1 aliphatic heterocycles. The standard InChI is InChI=1S/C19H25ClN2O/c20-18-8-4-7-17(13-18)15-22-12-11-21(10-9-19(22)23)14-16-5-2-1-3-6-16/h1-2,4,7-8,13,16H,3,5-6,9-12,14-15H2/t16-/m1/s1. The molecule has 2 aliphatic rings. The summed E-state index contributed by atoms with van der Waals surface area (Å²) in [6.07, 6.45) is 8.91. The van der Waals surface area contributed by atoms with Gasteiger partial charge in [0.15, 0.2) is 0 Å². The Morgan fingerprint density at radius 2 is 2.09 bits per heavy atom. The molecule has 1 saturated heterocycles. The summed E-state index contributed by atoms with van der Waals surface area (Å²) in [5.74, 6) is 1.02. The molecule has 3 nitrogen and oxygen atoms in total. The van der Waals surface area contributed by atoms with Crippen molar-refractivity contribution in [2.75, 3.05) is 26.2 Å².